The number of methoxy groups -OCH3 is 1. The second-order valence-corrected chi connectivity index (χ2v) is 7.72. The average molecular weight is 395 g/mol. The Hall–Kier alpha value is -2.77. The van der Waals surface area contributed by atoms with Crippen LogP contribution in [0.5, 0.6) is 0 Å². The van der Waals surface area contributed by atoms with Gasteiger partial charge in [-0.15, -0.1) is 0 Å². The molecule has 5 atom stereocenters. The fourth-order valence-electron chi connectivity index (χ4n) is 4.38. The maximum Gasteiger partial charge on any atom is 0.269 e. The maximum absolute atomic E-state index is 12.9. The lowest BCUT2D eigenvalue weighted by Gasteiger charge is -2.17. The van der Waals surface area contributed by atoms with Gasteiger partial charge in [0.25, 0.3) is 11.8 Å². The van der Waals surface area contributed by atoms with Gasteiger partial charge in [-0.1, -0.05) is 30.3 Å². The van der Waals surface area contributed by atoms with Crippen LogP contribution in [0.1, 0.15) is 51.0 Å². The first-order valence-corrected chi connectivity index (χ1v) is 9.82. The van der Waals surface area contributed by atoms with Gasteiger partial charge in [0.2, 0.25) is 0 Å². The molecule has 2 saturated carbocycles. The van der Waals surface area contributed by atoms with Gasteiger partial charge in [-0.05, 0) is 42.4 Å². The number of rotatable bonds is 6. The number of nitrogens with one attached hydrogen (secondary N) is 2. The lowest BCUT2D eigenvalue weighted by molar-refractivity contribution is 0.0935. The zero-order valence-corrected chi connectivity index (χ0v) is 16.5. The second kappa shape index (κ2) is 7.93. The first-order chi connectivity index (χ1) is 14.0. The fraction of sp³-hybridized carbons (Fsp3) is 0.409. The fourth-order valence-corrected chi connectivity index (χ4v) is 4.38. The second-order valence-electron chi connectivity index (χ2n) is 7.72. The predicted molar refractivity (Wildman–Crippen MR) is 106 cm³/mol. The van der Waals surface area contributed by atoms with Gasteiger partial charge in [-0.3, -0.25) is 9.59 Å². The summed E-state index contributed by atoms with van der Waals surface area (Å²) in [6.45, 7) is 0. The number of ether oxygens (including phenoxy) is 1. The van der Waals surface area contributed by atoms with Crippen molar-refractivity contribution in [3.63, 3.8) is 0 Å². The minimum absolute atomic E-state index is 0.0957. The van der Waals surface area contributed by atoms with E-state index in [1.54, 1.807) is 13.2 Å². The van der Waals surface area contributed by atoms with Gasteiger partial charge in [0.05, 0.1) is 11.8 Å². The lowest BCUT2D eigenvalue weighted by Crippen LogP contribution is -2.31. The Kier molecular flexibility index (Phi) is 5.34. The van der Waals surface area contributed by atoms with Crippen molar-refractivity contribution in [3.05, 3.63) is 65.0 Å². The van der Waals surface area contributed by atoms with Crippen molar-refractivity contribution in [3.8, 4) is 0 Å². The number of aliphatic hydroxyl groups excluding tert-OH is 1. The molecule has 2 fully saturated rings. The molecule has 2 aliphatic carbocycles. The molecular formula is C22H25N3O4. The molecule has 0 spiro atoms. The van der Waals surface area contributed by atoms with Crippen molar-refractivity contribution < 1.29 is 19.4 Å². The molecular weight excluding hydrogens is 370 g/mol. The summed E-state index contributed by atoms with van der Waals surface area (Å²) in [4.78, 5) is 29.6. The van der Waals surface area contributed by atoms with E-state index in [0.29, 0.717) is 23.1 Å². The summed E-state index contributed by atoms with van der Waals surface area (Å²) in [6.07, 6.45) is 0.725. The number of amides is 2. The van der Waals surface area contributed by atoms with Crippen LogP contribution in [0.3, 0.4) is 0 Å². The summed E-state index contributed by atoms with van der Waals surface area (Å²) < 4.78 is 5.64. The van der Waals surface area contributed by atoms with Crippen LogP contribution >= 0.6 is 0 Å². The molecule has 0 aliphatic heterocycles. The molecule has 2 amide bonds. The maximum atomic E-state index is 12.9. The number of hydrogen-bond acceptors (Lipinski definition) is 5. The summed E-state index contributed by atoms with van der Waals surface area (Å²) in [7, 11) is 3.10. The number of pyridine rings is 1. The Morgan fingerprint density at radius 3 is 2.45 bits per heavy atom. The van der Waals surface area contributed by atoms with E-state index < -0.39 is 6.10 Å². The Labute approximate surface area is 169 Å². The van der Waals surface area contributed by atoms with Crippen molar-refractivity contribution in [1.29, 1.82) is 0 Å². The average Bonchev–Trinajstić information content (AvgIpc) is 3.18. The summed E-state index contributed by atoms with van der Waals surface area (Å²) in [5.74, 6) is 0.0975. The molecule has 2 aliphatic rings. The number of nitrogens with zero attached hydrogens (tertiary/aromatic N) is 1. The van der Waals surface area contributed by atoms with Crippen LogP contribution in [0.4, 0.5) is 0 Å². The molecule has 7 heteroatoms. The lowest BCUT2D eigenvalue weighted by atomic mass is 10.0. The number of hydrogen-bond donors (Lipinski definition) is 3. The van der Waals surface area contributed by atoms with Crippen LogP contribution in [0.2, 0.25) is 0 Å². The predicted octanol–water partition coefficient (Wildman–Crippen LogP) is 1.68. The molecule has 3 unspecified atom stereocenters. The molecule has 152 valence electrons. The zero-order chi connectivity index (χ0) is 20.5. The summed E-state index contributed by atoms with van der Waals surface area (Å²) in [6, 6.07) is 12.8. The highest BCUT2D eigenvalue weighted by atomic mass is 16.5. The molecule has 7 nitrogen and oxygen atoms in total. The third-order valence-corrected chi connectivity index (χ3v) is 5.89. The molecule has 0 saturated heterocycles. The van der Waals surface area contributed by atoms with Crippen molar-refractivity contribution in [2.24, 2.45) is 11.8 Å². The SMILES string of the molecule is CNC(=O)c1cc(C(=O)NC2[C@H]3CC(O)C[C@@H]23)cc(C(OC)c2ccccc2)n1. The molecule has 4 rings (SSSR count). The number of aliphatic hydroxyl groups is 1. The summed E-state index contributed by atoms with van der Waals surface area (Å²) in [5.41, 5.74) is 1.92. The first-order valence-electron chi connectivity index (χ1n) is 9.82. The van der Waals surface area contributed by atoms with E-state index in [1.807, 2.05) is 30.3 Å². The van der Waals surface area contributed by atoms with E-state index in [2.05, 4.69) is 15.6 Å². The zero-order valence-electron chi connectivity index (χ0n) is 16.5. The van der Waals surface area contributed by atoms with Gasteiger partial charge in [0, 0.05) is 25.8 Å². The highest BCUT2D eigenvalue weighted by Crippen LogP contribution is 2.52. The van der Waals surface area contributed by atoms with E-state index in [9.17, 15) is 14.7 Å². The van der Waals surface area contributed by atoms with Gasteiger partial charge in [0.1, 0.15) is 11.8 Å². The van der Waals surface area contributed by atoms with Crippen LogP contribution < -0.4 is 10.6 Å². The molecule has 3 N–H and O–H groups in total. The highest BCUT2D eigenvalue weighted by Gasteiger charge is 2.56. The number of carbonyl (C=O) groups excluding carboxylic acids is 2. The summed E-state index contributed by atoms with van der Waals surface area (Å²) in [5, 5.41) is 15.3. The Balaban J connectivity index is 1.62. The largest absolute Gasteiger partial charge is 0.393 e. The molecule has 1 heterocycles. The van der Waals surface area contributed by atoms with Crippen LogP contribution in [0, 0.1) is 11.8 Å². The van der Waals surface area contributed by atoms with E-state index >= 15 is 0 Å². The molecule has 0 bridgehead atoms. The highest BCUT2D eigenvalue weighted by molar-refractivity contribution is 5.99. The molecule has 2 aromatic rings. The van der Waals surface area contributed by atoms with E-state index in [0.717, 1.165) is 18.4 Å². The Bertz CT molecular complexity index is 906. The number of carbonyl (C=O) groups is 2. The van der Waals surface area contributed by atoms with E-state index in [-0.39, 0.29) is 29.7 Å². The van der Waals surface area contributed by atoms with Gasteiger partial charge in [0.15, 0.2) is 0 Å². The molecule has 29 heavy (non-hydrogen) atoms. The van der Waals surface area contributed by atoms with Crippen LogP contribution in [0.15, 0.2) is 42.5 Å². The molecule has 1 aromatic carbocycles. The van der Waals surface area contributed by atoms with Gasteiger partial charge >= 0.3 is 0 Å². The summed E-state index contributed by atoms with van der Waals surface area (Å²) >= 11 is 0. The number of fused-ring (bicyclic) bond motifs is 1. The van der Waals surface area contributed by atoms with Gasteiger partial charge in [-0.2, -0.15) is 0 Å². The monoisotopic (exact) mass is 395 g/mol. The van der Waals surface area contributed by atoms with E-state index in [4.69, 9.17) is 4.74 Å². The molecule has 0 radical (unpaired) electrons. The Morgan fingerprint density at radius 2 is 1.83 bits per heavy atom. The minimum Gasteiger partial charge on any atom is -0.393 e. The van der Waals surface area contributed by atoms with Crippen molar-refractivity contribution >= 4 is 11.8 Å². The van der Waals surface area contributed by atoms with Crippen molar-refractivity contribution in [2.45, 2.75) is 31.1 Å². The first kappa shape index (κ1) is 19.5. The normalized spacial score (nSPS) is 25.8. The van der Waals surface area contributed by atoms with Crippen molar-refractivity contribution in [1.82, 2.24) is 15.6 Å². The quantitative estimate of drug-likeness (QED) is 0.691. The van der Waals surface area contributed by atoms with Crippen LogP contribution in [-0.2, 0) is 4.74 Å². The standard InChI is InChI=1S/C22H25N3O4/c1-23-22(28)18-9-13(21(27)25-19-15-10-14(26)11-16(15)19)8-17(24-18)20(29-2)12-6-4-3-5-7-12/h3-9,14-16,19-20,26H,10-11H2,1-2H3,(H,23,28)(H,25,27)/t14?,15-,16+,19?,20?. The van der Waals surface area contributed by atoms with Gasteiger partial charge in [-0.25, -0.2) is 4.98 Å². The topological polar surface area (TPSA) is 101 Å². The smallest absolute Gasteiger partial charge is 0.269 e. The van der Waals surface area contributed by atoms with E-state index in [1.165, 1.54) is 13.1 Å². The van der Waals surface area contributed by atoms with Crippen LogP contribution in [-0.4, -0.2) is 48.2 Å². The number of benzene rings is 1. The van der Waals surface area contributed by atoms with Gasteiger partial charge < -0.3 is 20.5 Å². The third kappa shape index (κ3) is 3.88. The molecule has 1 aromatic heterocycles. The Morgan fingerprint density at radius 1 is 1.14 bits per heavy atom. The van der Waals surface area contributed by atoms with Crippen molar-refractivity contribution in [2.75, 3.05) is 14.2 Å². The van der Waals surface area contributed by atoms with Crippen LogP contribution in [0.25, 0.3) is 0 Å². The number of aromatic nitrogens is 1. The minimum atomic E-state index is -0.497. The third-order valence-electron chi connectivity index (χ3n) is 5.89.